The summed E-state index contributed by atoms with van der Waals surface area (Å²) in [5.41, 5.74) is 3.86. The van der Waals surface area contributed by atoms with Crippen LogP contribution in [0.15, 0.2) is 73.0 Å². The number of non-ortho nitro benzene ring substituents is 1. The summed E-state index contributed by atoms with van der Waals surface area (Å²) in [6.07, 6.45) is 13.1. The molecule has 5 nitrogen and oxygen atoms in total. The molecule has 33 heavy (non-hydrogen) atoms. The van der Waals surface area contributed by atoms with Crippen molar-refractivity contribution < 1.29 is 14.4 Å². The van der Waals surface area contributed by atoms with E-state index in [4.69, 9.17) is 9.47 Å². The molecule has 0 saturated carbocycles. The van der Waals surface area contributed by atoms with E-state index in [9.17, 15) is 10.1 Å². The second kappa shape index (κ2) is 7.78. The standard InChI is InChI=1S/C18H13NO3.C10H8O/c20-19(21)14-7-3-6-12-13-9-8-10-4-1-2-5-11(10)15(13)17-18(22-17)16(12)14;1-2-7-10-9(5-1)6-3-4-8-11-10/h3-4,6-9,17H,1-2,5H2;1-8H. The molecule has 2 aliphatic heterocycles. The number of benzene rings is 3. The van der Waals surface area contributed by atoms with Crippen LogP contribution in [0.4, 0.5) is 5.69 Å². The van der Waals surface area contributed by atoms with Gasteiger partial charge in [0, 0.05) is 17.2 Å². The Morgan fingerprint density at radius 2 is 1.88 bits per heavy atom. The van der Waals surface area contributed by atoms with Crippen molar-refractivity contribution >= 4 is 23.6 Å². The van der Waals surface area contributed by atoms with Gasteiger partial charge in [0.25, 0.3) is 5.69 Å². The summed E-state index contributed by atoms with van der Waals surface area (Å²) < 4.78 is 11.1. The van der Waals surface area contributed by atoms with E-state index in [1.807, 2.05) is 48.6 Å². The lowest BCUT2D eigenvalue weighted by Crippen LogP contribution is -2.20. The summed E-state index contributed by atoms with van der Waals surface area (Å²) in [5, 5.41) is 15.3. The molecule has 3 aromatic carbocycles. The van der Waals surface area contributed by atoms with Crippen LogP contribution in [-0.2, 0) is 11.2 Å². The molecule has 1 unspecified atom stereocenters. The summed E-state index contributed by atoms with van der Waals surface area (Å²) >= 11 is 0. The van der Waals surface area contributed by atoms with E-state index in [2.05, 4.69) is 18.2 Å². The van der Waals surface area contributed by atoms with Crippen molar-refractivity contribution in [2.24, 2.45) is 0 Å². The zero-order valence-electron chi connectivity index (χ0n) is 17.9. The number of allylic oxidation sites excluding steroid dienone is 2. The summed E-state index contributed by atoms with van der Waals surface area (Å²) in [5.74, 6) is 1.69. The minimum absolute atomic E-state index is 0.0787. The summed E-state index contributed by atoms with van der Waals surface area (Å²) in [6.45, 7) is 0. The first-order chi connectivity index (χ1) is 16.2. The molecule has 0 amide bonds. The molecule has 0 bridgehead atoms. The molecule has 2 aliphatic carbocycles. The van der Waals surface area contributed by atoms with Gasteiger partial charge in [-0.25, -0.2) is 0 Å². The lowest BCUT2D eigenvalue weighted by molar-refractivity contribution is -0.386. The lowest BCUT2D eigenvalue weighted by Gasteiger charge is -2.14. The van der Waals surface area contributed by atoms with Crippen molar-refractivity contribution in [2.45, 2.75) is 25.4 Å². The Morgan fingerprint density at radius 3 is 2.79 bits per heavy atom. The van der Waals surface area contributed by atoms with Crippen LogP contribution in [0.2, 0.25) is 0 Å². The van der Waals surface area contributed by atoms with Gasteiger partial charge in [-0.3, -0.25) is 10.1 Å². The van der Waals surface area contributed by atoms with Crippen LogP contribution in [0.3, 0.4) is 0 Å². The Bertz CT molecular complexity index is 1580. The maximum atomic E-state index is 11.3. The van der Waals surface area contributed by atoms with Gasteiger partial charge >= 0.3 is 0 Å². The van der Waals surface area contributed by atoms with Crippen molar-refractivity contribution in [3.8, 4) is 5.75 Å². The first-order valence-corrected chi connectivity index (χ1v) is 11.1. The molecule has 1 fully saturated rings. The monoisotopic (exact) mass is 435 g/mol. The van der Waals surface area contributed by atoms with Crippen molar-refractivity contribution in [2.75, 3.05) is 0 Å². The minimum Gasteiger partial charge on any atom is -0.477 e. The Labute approximate surface area is 190 Å². The molecule has 7 rings (SSSR count). The van der Waals surface area contributed by atoms with Crippen LogP contribution in [-0.4, -0.2) is 4.92 Å². The van der Waals surface area contributed by atoms with Crippen LogP contribution >= 0.6 is 0 Å². The number of nitro benzene ring substituents is 1. The zero-order valence-corrected chi connectivity index (χ0v) is 17.9. The predicted octanol–water partition coefficient (Wildman–Crippen LogP) is 4.80. The van der Waals surface area contributed by atoms with Crippen molar-refractivity contribution in [3.63, 3.8) is 0 Å². The van der Waals surface area contributed by atoms with Gasteiger partial charge in [-0.1, -0.05) is 60.7 Å². The Kier molecular flexibility index (Phi) is 4.61. The molecule has 4 aliphatic rings. The largest absolute Gasteiger partial charge is 0.477 e. The highest BCUT2D eigenvalue weighted by atomic mass is 16.6. The third-order valence-corrected chi connectivity index (χ3v) is 6.43. The number of rotatable bonds is 1. The van der Waals surface area contributed by atoms with Gasteiger partial charge in [0.1, 0.15) is 11.0 Å². The number of nitro groups is 1. The summed E-state index contributed by atoms with van der Waals surface area (Å²) in [6, 6.07) is 17.5. The fraction of sp³-hybridized carbons (Fsp3) is 0.143. The van der Waals surface area contributed by atoms with Gasteiger partial charge in [0.15, 0.2) is 11.9 Å². The van der Waals surface area contributed by atoms with E-state index >= 15 is 0 Å². The SMILES string of the molecule is C1=COc2ccccc2C=C1.O=[N+]([O-])c1cccc2c1=C1OC1c1c3c(ccc1=2)=CCCC3. The van der Waals surface area contributed by atoms with Crippen LogP contribution in [0.25, 0.3) is 17.9 Å². The van der Waals surface area contributed by atoms with Crippen molar-refractivity contribution in [3.05, 3.63) is 121 Å². The number of nitrogens with zero attached hydrogens (tertiary/aromatic N) is 1. The maximum absolute atomic E-state index is 11.3. The van der Waals surface area contributed by atoms with Gasteiger partial charge in [-0.05, 0) is 52.6 Å². The van der Waals surface area contributed by atoms with Gasteiger partial charge in [-0.15, -0.1) is 0 Å². The van der Waals surface area contributed by atoms with Gasteiger partial charge in [-0.2, -0.15) is 0 Å². The van der Waals surface area contributed by atoms with Crippen LogP contribution in [0.5, 0.6) is 5.75 Å². The van der Waals surface area contributed by atoms with Crippen LogP contribution in [0.1, 0.15) is 35.6 Å². The van der Waals surface area contributed by atoms with E-state index < -0.39 is 0 Å². The number of fused-ring (bicyclic) bond motifs is 7. The number of hydrogen-bond acceptors (Lipinski definition) is 4. The van der Waals surface area contributed by atoms with Gasteiger partial charge in [0.05, 0.1) is 11.2 Å². The molecule has 0 spiro atoms. The van der Waals surface area contributed by atoms with Crippen LogP contribution in [0, 0.1) is 20.6 Å². The molecule has 3 aromatic rings. The average molecular weight is 435 g/mol. The fourth-order valence-electron chi connectivity index (χ4n) is 4.91. The van der Waals surface area contributed by atoms with E-state index in [1.54, 1.807) is 18.4 Å². The first-order valence-electron chi connectivity index (χ1n) is 11.1. The predicted molar refractivity (Wildman–Crippen MR) is 126 cm³/mol. The number of epoxide rings is 1. The molecule has 0 aromatic heterocycles. The van der Waals surface area contributed by atoms with E-state index in [-0.39, 0.29) is 16.7 Å². The van der Waals surface area contributed by atoms with E-state index in [0.29, 0.717) is 5.22 Å². The summed E-state index contributed by atoms with van der Waals surface area (Å²) in [7, 11) is 0. The molecule has 0 radical (unpaired) electrons. The zero-order chi connectivity index (χ0) is 22.4. The highest BCUT2D eigenvalue weighted by Crippen LogP contribution is 2.47. The molecule has 2 heterocycles. The highest BCUT2D eigenvalue weighted by molar-refractivity contribution is 5.66. The number of para-hydroxylation sites is 1. The Balaban J connectivity index is 0.000000158. The molecular formula is C28H21NO4. The molecular weight excluding hydrogens is 414 g/mol. The Morgan fingerprint density at radius 1 is 0.970 bits per heavy atom. The fourth-order valence-corrected chi connectivity index (χ4v) is 4.91. The third-order valence-electron chi connectivity index (χ3n) is 6.43. The second-order valence-corrected chi connectivity index (χ2v) is 8.35. The number of hydrogen-bond donors (Lipinski definition) is 0. The minimum atomic E-state index is -0.318. The number of ether oxygens (including phenoxy) is 2. The third kappa shape index (κ3) is 3.33. The maximum Gasteiger partial charge on any atom is 0.280 e. The lowest BCUT2D eigenvalue weighted by atomic mass is 9.88. The molecule has 5 heteroatoms. The Hall–Kier alpha value is -4.12. The second-order valence-electron chi connectivity index (χ2n) is 8.35. The topological polar surface area (TPSA) is 64.9 Å². The smallest absolute Gasteiger partial charge is 0.280 e. The van der Waals surface area contributed by atoms with Crippen LogP contribution < -0.4 is 15.2 Å². The first kappa shape index (κ1) is 19.6. The molecule has 1 saturated heterocycles. The van der Waals surface area contributed by atoms with Gasteiger partial charge < -0.3 is 9.47 Å². The van der Waals surface area contributed by atoms with E-state index in [1.165, 1.54) is 16.3 Å². The summed E-state index contributed by atoms with van der Waals surface area (Å²) in [4.78, 5) is 11.0. The van der Waals surface area contributed by atoms with E-state index in [0.717, 1.165) is 46.8 Å². The van der Waals surface area contributed by atoms with Crippen molar-refractivity contribution in [1.29, 1.82) is 0 Å². The average Bonchev–Trinajstić information content (AvgIpc) is 3.67. The van der Waals surface area contributed by atoms with Gasteiger partial charge in [0.2, 0.25) is 0 Å². The molecule has 162 valence electrons. The quantitative estimate of drug-likeness (QED) is 0.313. The highest BCUT2D eigenvalue weighted by Gasteiger charge is 2.42. The van der Waals surface area contributed by atoms with Crippen molar-refractivity contribution in [1.82, 2.24) is 0 Å². The normalized spacial score (nSPS) is 17.7. The molecule has 1 atom stereocenters. The molecule has 0 N–H and O–H groups in total.